The van der Waals surface area contributed by atoms with Crippen molar-refractivity contribution in [2.75, 3.05) is 11.4 Å². The van der Waals surface area contributed by atoms with E-state index in [2.05, 4.69) is 4.98 Å². The third-order valence-electron chi connectivity index (χ3n) is 4.65. The summed E-state index contributed by atoms with van der Waals surface area (Å²) in [7, 11) is 0. The molecule has 1 saturated heterocycles. The van der Waals surface area contributed by atoms with Gasteiger partial charge in [0.05, 0.1) is 11.7 Å². The smallest absolute Gasteiger partial charge is 0.420 e. The molecule has 148 valence electrons. The number of carbonyl (C=O) groups is 2. The van der Waals surface area contributed by atoms with Crippen LogP contribution < -0.4 is 4.90 Å². The second-order valence-corrected chi connectivity index (χ2v) is 7.96. The second kappa shape index (κ2) is 8.42. The van der Waals surface area contributed by atoms with Crippen molar-refractivity contribution in [2.24, 2.45) is 0 Å². The van der Waals surface area contributed by atoms with E-state index >= 15 is 0 Å². The number of anilines is 2. The highest BCUT2D eigenvalue weighted by atomic mass is 16.6. The van der Waals surface area contributed by atoms with E-state index in [0.29, 0.717) is 11.5 Å². The normalized spacial score (nSPS) is 17.1. The van der Waals surface area contributed by atoms with E-state index in [1.165, 1.54) is 4.90 Å². The minimum atomic E-state index is -0.614. The molecule has 1 aliphatic heterocycles. The van der Waals surface area contributed by atoms with Gasteiger partial charge in [0.1, 0.15) is 11.4 Å². The fourth-order valence-electron chi connectivity index (χ4n) is 3.38. The number of pyridine rings is 1. The lowest BCUT2D eigenvalue weighted by Crippen LogP contribution is -2.34. The van der Waals surface area contributed by atoms with Crippen LogP contribution in [0.15, 0.2) is 48.7 Å². The average Bonchev–Trinajstić information content (AvgIpc) is 2.68. The predicted octanol–water partition coefficient (Wildman–Crippen LogP) is 4.84. The van der Waals surface area contributed by atoms with Crippen molar-refractivity contribution in [1.29, 1.82) is 0 Å². The molecule has 2 aromatic rings. The summed E-state index contributed by atoms with van der Waals surface area (Å²) in [5, 5.41) is 0. The van der Waals surface area contributed by atoms with Gasteiger partial charge in [0, 0.05) is 12.7 Å². The standard InChI is InChI=1S/C22H27N3O3/c1-22(2,3)28-21(27)25(18-9-5-4-6-10-18)20-13-12-17(15-23-20)19-11-7-8-14-24(19)16-26/h4-6,9-10,12-13,15-16,19H,7-8,11,14H2,1-3H3/t19-/m1/s1. The number of aromatic nitrogens is 1. The van der Waals surface area contributed by atoms with E-state index in [9.17, 15) is 9.59 Å². The minimum absolute atomic E-state index is 0.0412. The molecule has 0 saturated carbocycles. The molecule has 2 heterocycles. The van der Waals surface area contributed by atoms with Crippen molar-refractivity contribution in [1.82, 2.24) is 9.88 Å². The molecule has 1 fully saturated rings. The SMILES string of the molecule is CC(C)(C)OC(=O)N(c1ccccc1)c1ccc([C@H]2CCCCN2C=O)cn1. The summed E-state index contributed by atoms with van der Waals surface area (Å²) >= 11 is 0. The molecule has 6 nitrogen and oxygen atoms in total. The highest BCUT2D eigenvalue weighted by molar-refractivity contribution is 5.95. The Bertz CT molecular complexity index is 800. The molecule has 0 radical (unpaired) electrons. The van der Waals surface area contributed by atoms with Crippen LogP contribution in [0.5, 0.6) is 0 Å². The van der Waals surface area contributed by atoms with Crippen molar-refractivity contribution in [3.8, 4) is 0 Å². The van der Waals surface area contributed by atoms with Crippen LogP contribution in [0.25, 0.3) is 0 Å². The van der Waals surface area contributed by atoms with E-state index < -0.39 is 11.7 Å². The van der Waals surface area contributed by atoms with Gasteiger partial charge < -0.3 is 9.64 Å². The third-order valence-corrected chi connectivity index (χ3v) is 4.65. The summed E-state index contributed by atoms with van der Waals surface area (Å²) in [6.07, 6.45) is 5.22. The summed E-state index contributed by atoms with van der Waals surface area (Å²) < 4.78 is 5.58. The van der Waals surface area contributed by atoms with Crippen molar-refractivity contribution in [2.45, 2.75) is 51.7 Å². The van der Waals surface area contributed by atoms with Crippen LogP contribution in [0.1, 0.15) is 51.6 Å². The predicted molar refractivity (Wildman–Crippen MR) is 108 cm³/mol. The van der Waals surface area contributed by atoms with Gasteiger partial charge in [0.15, 0.2) is 0 Å². The third kappa shape index (κ3) is 4.68. The molecule has 0 spiro atoms. The van der Waals surface area contributed by atoms with Crippen LogP contribution in [0.2, 0.25) is 0 Å². The number of amides is 2. The van der Waals surface area contributed by atoms with Gasteiger partial charge in [-0.25, -0.2) is 14.7 Å². The number of hydrogen-bond acceptors (Lipinski definition) is 4. The van der Waals surface area contributed by atoms with Gasteiger partial charge >= 0.3 is 6.09 Å². The molecule has 0 unspecified atom stereocenters. The number of benzene rings is 1. The van der Waals surface area contributed by atoms with Crippen LogP contribution in [-0.4, -0.2) is 34.5 Å². The van der Waals surface area contributed by atoms with Gasteiger partial charge in [-0.05, 0) is 63.8 Å². The van der Waals surface area contributed by atoms with Crippen LogP contribution in [0.3, 0.4) is 0 Å². The maximum atomic E-state index is 12.9. The molecule has 1 atom stereocenters. The van der Waals surface area contributed by atoms with Crippen molar-refractivity contribution < 1.29 is 14.3 Å². The molecule has 28 heavy (non-hydrogen) atoms. The fourth-order valence-corrected chi connectivity index (χ4v) is 3.38. The fraction of sp³-hybridized carbons (Fsp3) is 0.409. The maximum absolute atomic E-state index is 12.9. The zero-order valence-electron chi connectivity index (χ0n) is 16.7. The van der Waals surface area contributed by atoms with Crippen molar-refractivity contribution >= 4 is 24.0 Å². The summed E-state index contributed by atoms with van der Waals surface area (Å²) in [6, 6.07) is 13.1. The van der Waals surface area contributed by atoms with Crippen LogP contribution >= 0.6 is 0 Å². The van der Waals surface area contributed by atoms with E-state index in [1.807, 2.05) is 68.1 Å². The summed E-state index contributed by atoms with van der Waals surface area (Å²) in [5.41, 5.74) is 1.05. The maximum Gasteiger partial charge on any atom is 0.420 e. The van der Waals surface area contributed by atoms with Gasteiger partial charge in [-0.2, -0.15) is 0 Å². The second-order valence-electron chi connectivity index (χ2n) is 7.96. The van der Waals surface area contributed by atoms with E-state index in [0.717, 1.165) is 37.8 Å². The summed E-state index contributed by atoms with van der Waals surface area (Å²) in [6.45, 7) is 6.27. The number of piperidine rings is 1. The van der Waals surface area contributed by atoms with Crippen molar-refractivity contribution in [3.05, 3.63) is 54.2 Å². The minimum Gasteiger partial charge on any atom is -0.443 e. The molecule has 2 amide bonds. The molecular formula is C22H27N3O3. The Labute approximate surface area is 166 Å². The first-order valence-electron chi connectivity index (χ1n) is 9.64. The van der Waals surface area contributed by atoms with Crippen LogP contribution in [0.4, 0.5) is 16.3 Å². The quantitative estimate of drug-likeness (QED) is 0.711. The number of carbonyl (C=O) groups excluding carboxylic acids is 2. The molecule has 1 aliphatic rings. The van der Waals surface area contributed by atoms with Gasteiger partial charge in [0.2, 0.25) is 6.41 Å². The monoisotopic (exact) mass is 381 g/mol. The van der Waals surface area contributed by atoms with Crippen LogP contribution in [-0.2, 0) is 9.53 Å². The molecular weight excluding hydrogens is 354 g/mol. The van der Waals surface area contributed by atoms with E-state index in [1.54, 1.807) is 6.20 Å². The zero-order valence-corrected chi connectivity index (χ0v) is 16.7. The first-order valence-corrected chi connectivity index (χ1v) is 9.64. The zero-order chi connectivity index (χ0) is 20.1. The average molecular weight is 381 g/mol. The van der Waals surface area contributed by atoms with Gasteiger partial charge in [0.25, 0.3) is 0 Å². The first-order chi connectivity index (χ1) is 13.4. The van der Waals surface area contributed by atoms with Crippen LogP contribution in [0, 0.1) is 0 Å². The van der Waals surface area contributed by atoms with E-state index in [4.69, 9.17) is 4.74 Å². The topological polar surface area (TPSA) is 62.7 Å². The van der Waals surface area contributed by atoms with Gasteiger partial charge in [-0.1, -0.05) is 24.3 Å². The molecule has 0 N–H and O–H groups in total. The number of likely N-dealkylation sites (tertiary alicyclic amines) is 1. The Morgan fingerprint density at radius 2 is 1.93 bits per heavy atom. The molecule has 3 rings (SSSR count). The highest BCUT2D eigenvalue weighted by Gasteiger charge is 2.27. The van der Waals surface area contributed by atoms with Gasteiger partial charge in [-0.15, -0.1) is 0 Å². The Balaban J connectivity index is 1.90. The Hall–Kier alpha value is -2.89. The number of nitrogens with zero attached hydrogens (tertiary/aromatic N) is 3. The molecule has 1 aromatic heterocycles. The summed E-state index contributed by atoms with van der Waals surface area (Å²) in [5.74, 6) is 0.484. The Morgan fingerprint density at radius 3 is 2.54 bits per heavy atom. The summed E-state index contributed by atoms with van der Waals surface area (Å²) in [4.78, 5) is 32.0. The number of rotatable bonds is 4. The molecule has 0 aliphatic carbocycles. The lowest BCUT2D eigenvalue weighted by Gasteiger charge is -2.33. The first kappa shape index (κ1) is 19.9. The molecule has 0 bridgehead atoms. The Kier molecular flexibility index (Phi) is 5.97. The highest BCUT2D eigenvalue weighted by Crippen LogP contribution is 2.31. The molecule has 6 heteroatoms. The Morgan fingerprint density at radius 1 is 1.18 bits per heavy atom. The van der Waals surface area contributed by atoms with E-state index in [-0.39, 0.29) is 6.04 Å². The lowest BCUT2D eigenvalue weighted by atomic mass is 9.97. The van der Waals surface area contributed by atoms with Crippen molar-refractivity contribution in [3.63, 3.8) is 0 Å². The van der Waals surface area contributed by atoms with Gasteiger partial charge in [-0.3, -0.25) is 4.79 Å². The number of ether oxygens (including phenoxy) is 1. The molecule has 1 aromatic carbocycles. The number of hydrogen-bond donors (Lipinski definition) is 0. The number of para-hydroxylation sites is 1. The lowest BCUT2D eigenvalue weighted by molar-refractivity contribution is -0.121. The largest absolute Gasteiger partial charge is 0.443 e.